The molecule has 2 amide bonds. The van der Waals surface area contributed by atoms with Crippen molar-refractivity contribution in [3.05, 3.63) is 135 Å². The van der Waals surface area contributed by atoms with Crippen molar-refractivity contribution in [3.63, 3.8) is 0 Å². The van der Waals surface area contributed by atoms with Crippen molar-refractivity contribution in [3.8, 4) is 0 Å². The van der Waals surface area contributed by atoms with E-state index in [9.17, 15) is 18.8 Å². The number of Topliss-reactive ketones (excluding diaryl/α,β-unsaturated/α-hetero) is 1. The number of carbonyl (C=O) groups excluding carboxylic acids is 3. The molecule has 0 spiro atoms. The fourth-order valence-corrected chi connectivity index (χ4v) is 4.71. The van der Waals surface area contributed by atoms with E-state index in [-0.39, 0.29) is 27.8 Å². The molecule has 0 aliphatic carbocycles. The number of amides is 2. The predicted molar refractivity (Wildman–Crippen MR) is 158 cm³/mol. The molecule has 0 unspecified atom stereocenters. The van der Waals surface area contributed by atoms with Gasteiger partial charge in [0.25, 0.3) is 11.8 Å². The van der Waals surface area contributed by atoms with Crippen LogP contribution >= 0.6 is 39.3 Å². The molecular formula is C30H21BrClFN2O3S. The minimum atomic E-state index is -0.663. The third-order valence-corrected chi connectivity index (χ3v) is 7.34. The monoisotopic (exact) mass is 622 g/mol. The Morgan fingerprint density at radius 2 is 1.54 bits per heavy atom. The van der Waals surface area contributed by atoms with Crippen molar-refractivity contribution < 1.29 is 18.8 Å². The zero-order valence-electron chi connectivity index (χ0n) is 20.3. The van der Waals surface area contributed by atoms with Gasteiger partial charge in [0.05, 0.1) is 10.8 Å². The molecule has 4 aromatic rings. The number of ketones is 1. The maximum atomic E-state index is 14.5. The van der Waals surface area contributed by atoms with E-state index in [4.69, 9.17) is 11.6 Å². The van der Waals surface area contributed by atoms with Crippen LogP contribution in [0.1, 0.15) is 26.3 Å². The number of thioether (sulfide) groups is 1. The van der Waals surface area contributed by atoms with Crippen molar-refractivity contribution in [2.75, 3.05) is 11.1 Å². The van der Waals surface area contributed by atoms with Gasteiger partial charge in [0.15, 0.2) is 5.78 Å². The summed E-state index contributed by atoms with van der Waals surface area (Å²) >= 11 is 10.9. The molecule has 0 fully saturated rings. The van der Waals surface area contributed by atoms with Gasteiger partial charge in [0, 0.05) is 31.7 Å². The topological polar surface area (TPSA) is 75.3 Å². The van der Waals surface area contributed by atoms with E-state index in [2.05, 4.69) is 26.6 Å². The van der Waals surface area contributed by atoms with E-state index < -0.39 is 17.6 Å². The molecule has 0 bridgehead atoms. The van der Waals surface area contributed by atoms with Crippen molar-refractivity contribution in [2.24, 2.45) is 0 Å². The normalized spacial score (nSPS) is 11.1. The van der Waals surface area contributed by atoms with Gasteiger partial charge >= 0.3 is 0 Å². The molecule has 0 aliphatic rings. The van der Waals surface area contributed by atoms with Crippen LogP contribution in [0.15, 0.2) is 112 Å². The molecule has 39 heavy (non-hydrogen) atoms. The molecule has 196 valence electrons. The Labute approximate surface area is 242 Å². The van der Waals surface area contributed by atoms with Gasteiger partial charge in [0.1, 0.15) is 11.5 Å². The van der Waals surface area contributed by atoms with Gasteiger partial charge in [-0.2, -0.15) is 0 Å². The zero-order valence-corrected chi connectivity index (χ0v) is 23.4. The summed E-state index contributed by atoms with van der Waals surface area (Å²) < 4.78 is 15.4. The van der Waals surface area contributed by atoms with Crippen LogP contribution in [0.25, 0.3) is 6.08 Å². The molecule has 0 heterocycles. The number of benzene rings is 4. The molecule has 4 aromatic carbocycles. The van der Waals surface area contributed by atoms with Gasteiger partial charge < -0.3 is 10.6 Å². The van der Waals surface area contributed by atoms with E-state index in [1.807, 2.05) is 12.1 Å². The highest BCUT2D eigenvalue weighted by atomic mass is 79.9. The van der Waals surface area contributed by atoms with Crippen molar-refractivity contribution >= 4 is 68.7 Å². The lowest BCUT2D eigenvalue weighted by Gasteiger charge is -2.12. The number of hydrogen-bond donors (Lipinski definition) is 2. The van der Waals surface area contributed by atoms with Crippen molar-refractivity contribution in [1.29, 1.82) is 0 Å². The molecule has 2 N–H and O–H groups in total. The Kier molecular flexibility index (Phi) is 9.70. The largest absolute Gasteiger partial charge is 0.321 e. The average molecular weight is 624 g/mol. The number of anilines is 1. The second-order valence-electron chi connectivity index (χ2n) is 8.21. The Morgan fingerprint density at radius 3 is 2.21 bits per heavy atom. The number of rotatable bonds is 9. The SMILES string of the molecule is O=C(Nc1ccc(SCC(=O)c2ccc(Br)cc2)cc1)/C(=C/c1c(F)cccc1Cl)NC(=O)c1ccccc1. The molecule has 0 aliphatic heterocycles. The molecule has 9 heteroatoms. The second-order valence-corrected chi connectivity index (χ2v) is 10.6. The molecule has 5 nitrogen and oxygen atoms in total. The standard InChI is InChI=1S/C30H21BrClFN2O3S/c31-21-11-9-19(10-12-21)28(36)18-39-23-15-13-22(14-16-23)34-30(38)27(17-24-25(32)7-4-8-26(24)33)35-29(37)20-5-2-1-3-6-20/h1-17H,18H2,(H,34,38)(H,35,37)/b27-17-. The van der Waals surface area contributed by atoms with E-state index in [0.717, 1.165) is 9.37 Å². The first-order valence-electron chi connectivity index (χ1n) is 11.7. The minimum absolute atomic E-state index is 0.000575. The maximum Gasteiger partial charge on any atom is 0.272 e. The molecule has 0 aromatic heterocycles. The van der Waals surface area contributed by atoms with E-state index >= 15 is 0 Å². The quantitative estimate of drug-likeness (QED) is 0.114. The van der Waals surface area contributed by atoms with E-state index in [1.54, 1.807) is 66.7 Å². The van der Waals surface area contributed by atoms with Gasteiger partial charge in [-0.05, 0) is 66.7 Å². The summed E-state index contributed by atoms with van der Waals surface area (Å²) in [6, 6.07) is 26.6. The summed E-state index contributed by atoms with van der Waals surface area (Å²) in [6.45, 7) is 0. The smallest absolute Gasteiger partial charge is 0.272 e. The first-order chi connectivity index (χ1) is 18.8. The van der Waals surface area contributed by atoms with Crippen LogP contribution in [0.4, 0.5) is 10.1 Å². The van der Waals surface area contributed by atoms with Crippen LogP contribution in [-0.2, 0) is 4.79 Å². The molecule has 0 atom stereocenters. The molecular weight excluding hydrogens is 603 g/mol. The molecule has 4 rings (SSSR count). The lowest BCUT2D eigenvalue weighted by Crippen LogP contribution is -2.30. The first kappa shape index (κ1) is 28.3. The van der Waals surface area contributed by atoms with Crippen LogP contribution in [0.5, 0.6) is 0 Å². The lowest BCUT2D eigenvalue weighted by molar-refractivity contribution is -0.113. The highest BCUT2D eigenvalue weighted by molar-refractivity contribution is 9.10. The number of nitrogens with one attached hydrogen (secondary N) is 2. The van der Waals surface area contributed by atoms with E-state index in [0.29, 0.717) is 16.8 Å². The van der Waals surface area contributed by atoms with Crippen molar-refractivity contribution in [1.82, 2.24) is 5.32 Å². The number of carbonyl (C=O) groups is 3. The van der Waals surface area contributed by atoms with Gasteiger partial charge in [-0.1, -0.05) is 63.9 Å². The third kappa shape index (κ3) is 7.89. The fraction of sp³-hybridized carbons (Fsp3) is 0.0333. The number of hydrogen-bond acceptors (Lipinski definition) is 4. The Bertz CT molecular complexity index is 1510. The van der Waals surface area contributed by atoms with Gasteiger partial charge in [-0.3, -0.25) is 14.4 Å². The lowest BCUT2D eigenvalue weighted by atomic mass is 10.1. The maximum absolute atomic E-state index is 14.5. The van der Waals surface area contributed by atoms with Crippen LogP contribution in [0.3, 0.4) is 0 Å². The summed E-state index contributed by atoms with van der Waals surface area (Å²) in [5.74, 6) is -1.58. The van der Waals surface area contributed by atoms with Crippen LogP contribution < -0.4 is 10.6 Å². The fourth-order valence-electron chi connectivity index (χ4n) is 3.44. The second kappa shape index (κ2) is 13.4. The molecule has 0 saturated heterocycles. The van der Waals surface area contributed by atoms with Gasteiger partial charge in [0.2, 0.25) is 0 Å². The Balaban J connectivity index is 1.47. The summed E-state index contributed by atoms with van der Waals surface area (Å²) in [4.78, 5) is 39.2. The van der Waals surface area contributed by atoms with Gasteiger partial charge in [-0.15, -0.1) is 11.8 Å². The van der Waals surface area contributed by atoms with E-state index in [1.165, 1.54) is 36.0 Å². The number of halogens is 3. The molecule has 0 saturated carbocycles. The van der Waals surface area contributed by atoms with Crippen LogP contribution in [0, 0.1) is 5.82 Å². The first-order valence-corrected chi connectivity index (χ1v) is 13.8. The summed E-state index contributed by atoms with van der Waals surface area (Å²) in [5.41, 5.74) is 1.19. The predicted octanol–water partition coefficient (Wildman–Crippen LogP) is 7.63. The summed E-state index contributed by atoms with van der Waals surface area (Å²) in [5, 5.41) is 5.36. The summed E-state index contributed by atoms with van der Waals surface area (Å²) in [7, 11) is 0. The highest BCUT2D eigenvalue weighted by Gasteiger charge is 2.17. The zero-order chi connectivity index (χ0) is 27.8. The highest BCUT2D eigenvalue weighted by Crippen LogP contribution is 2.24. The average Bonchev–Trinajstić information content (AvgIpc) is 2.94. The molecule has 0 radical (unpaired) electrons. The van der Waals surface area contributed by atoms with Gasteiger partial charge in [-0.25, -0.2) is 4.39 Å². The van der Waals surface area contributed by atoms with Crippen LogP contribution in [-0.4, -0.2) is 23.4 Å². The Hall–Kier alpha value is -3.72. The minimum Gasteiger partial charge on any atom is -0.321 e. The van der Waals surface area contributed by atoms with Crippen LogP contribution in [0.2, 0.25) is 5.02 Å². The van der Waals surface area contributed by atoms with Crippen molar-refractivity contribution in [2.45, 2.75) is 4.90 Å². The third-order valence-electron chi connectivity index (χ3n) is 5.47. The Morgan fingerprint density at radius 1 is 0.846 bits per heavy atom. The summed E-state index contributed by atoms with van der Waals surface area (Å²) in [6.07, 6.45) is 1.20.